The van der Waals surface area contributed by atoms with Gasteiger partial charge in [0.2, 0.25) is 15.9 Å². The number of sulfonamides is 1. The second-order valence-electron chi connectivity index (χ2n) is 7.85. The van der Waals surface area contributed by atoms with Gasteiger partial charge >= 0.3 is 6.18 Å². The van der Waals surface area contributed by atoms with Crippen LogP contribution in [0.3, 0.4) is 0 Å². The number of halogens is 4. The molecule has 0 saturated carbocycles. The van der Waals surface area contributed by atoms with Crippen molar-refractivity contribution in [2.75, 3.05) is 13.1 Å². The van der Waals surface area contributed by atoms with Crippen LogP contribution in [0, 0.1) is 12.3 Å². The number of amides is 1. The minimum atomic E-state index is -4.60. The van der Waals surface area contributed by atoms with Crippen molar-refractivity contribution >= 4 is 38.9 Å². The Morgan fingerprint density at radius 3 is 2.44 bits per heavy atom. The molecular weight excluding hydrogens is 533 g/mol. The third kappa shape index (κ3) is 7.58. The summed E-state index contributed by atoms with van der Waals surface area (Å²) in [5.41, 5.74) is 0.525. The van der Waals surface area contributed by atoms with Gasteiger partial charge in [-0.05, 0) is 70.3 Å². The summed E-state index contributed by atoms with van der Waals surface area (Å²) in [6.45, 7) is -0.302. The number of hydrogen-bond donors (Lipinski definition) is 1. The van der Waals surface area contributed by atoms with Gasteiger partial charge < -0.3 is 4.90 Å². The average molecular weight is 555 g/mol. The zero-order valence-electron chi connectivity index (χ0n) is 18.9. The SMILES string of the molecule is C#CCNS(=O)(=O)c1ccc(CCN(Cc2cc(Cl)ccc2C(F)(F)F)C(=O)Cc2ccsc2)cc1. The molecule has 1 aromatic heterocycles. The standard InChI is InChI=1S/C25H22ClF3N2O3S2/c1-2-11-30-36(33,34)22-6-3-18(4-7-22)9-12-31(24(32)14-19-10-13-35-17-19)16-20-15-21(26)5-8-23(20)25(27,28)29/h1,3-8,10,13,15,17,30H,9,11-12,14,16H2. The van der Waals surface area contributed by atoms with E-state index in [1.54, 1.807) is 18.2 Å². The van der Waals surface area contributed by atoms with Crippen LogP contribution in [0.1, 0.15) is 22.3 Å². The lowest BCUT2D eigenvalue weighted by Crippen LogP contribution is -2.34. The number of alkyl halides is 3. The molecule has 190 valence electrons. The van der Waals surface area contributed by atoms with Gasteiger partial charge in [-0.1, -0.05) is 29.7 Å². The second-order valence-corrected chi connectivity index (χ2v) is 10.8. The van der Waals surface area contributed by atoms with Crippen molar-refractivity contribution in [3.8, 4) is 12.3 Å². The van der Waals surface area contributed by atoms with Gasteiger partial charge in [0.15, 0.2) is 0 Å². The van der Waals surface area contributed by atoms with E-state index in [0.717, 1.165) is 11.6 Å². The van der Waals surface area contributed by atoms with E-state index in [4.69, 9.17) is 18.0 Å². The van der Waals surface area contributed by atoms with Crippen LogP contribution < -0.4 is 4.72 Å². The van der Waals surface area contributed by atoms with E-state index < -0.39 is 21.8 Å². The van der Waals surface area contributed by atoms with Crippen LogP contribution >= 0.6 is 22.9 Å². The highest BCUT2D eigenvalue weighted by Crippen LogP contribution is 2.34. The van der Waals surface area contributed by atoms with Crippen LogP contribution in [0.15, 0.2) is 64.2 Å². The molecule has 0 aliphatic rings. The predicted octanol–water partition coefficient (Wildman–Crippen LogP) is 5.15. The molecule has 36 heavy (non-hydrogen) atoms. The fourth-order valence-electron chi connectivity index (χ4n) is 3.47. The Labute approximate surface area is 217 Å². The van der Waals surface area contributed by atoms with Crippen LogP contribution in [0.4, 0.5) is 13.2 Å². The van der Waals surface area contributed by atoms with Crippen molar-refractivity contribution in [3.05, 3.63) is 86.6 Å². The molecule has 1 amide bonds. The lowest BCUT2D eigenvalue weighted by molar-refractivity contribution is -0.139. The Hall–Kier alpha value is -2.84. The number of benzene rings is 2. The molecule has 11 heteroatoms. The first kappa shape index (κ1) is 27.7. The Kier molecular flexibility index (Phi) is 9.19. The lowest BCUT2D eigenvalue weighted by Gasteiger charge is -2.25. The van der Waals surface area contributed by atoms with E-state index >= 15 is 0 Å². The summed E-state index contributed by atoms with van der Waals surface area (Å²) in [5, 5.41) is 3.77. The van der Waals surface area contributed by atoms with Gasteiger partial charge in [0.1, 0.15) is 0 Å². The molecule has 0 radical (unpaired) electrons. The first-order valence-electron chi connectivity index (χ1n) is 10.7. The molecule has 3 aromatic rings. The maximum atomic E-state index is 13.6. The molecule has 0 bridgehead atoms. The van der Waals surface area contributed by atoms with E-state index in [2.05, 4.69) is 10.6 Å². The van der Waals surface area contributed by atoms with Crippen molar-refractivity contribution in [1.29, 1.82) is 0 Å². The number of rotatable bonds is 10. The lowest BCUT2D eigenvalue weighted by atomic mass is 10.1. The summed E-state index contributed by atoms with van der Waals surface area (Å²) < 4.78 is 67.4. The molecular formula is C25H22ClF3N2O3S2. The largest absolute Gasteiger partial charge is 0.416 e. The zero-order valence-corrected chi connectivity index (χ0v) is 21.3. The van der Waals surface area contributed by atoms with Gasteiger partial charge in [-0.15, -0.1) is 6.42 Å². The molecule has 0 atom stereocenters. The predicted molar refractivity (Wildman–Crippen MR) is 134 cm³/mol. The molecule has 0 unspecified atom stereocenters. The maximum absolute atomic E-state index is 13.6. The van der Waals surface area contributed by atoms with Gasteiger partial charge in [-0.2, -0.15) is 29.2 Å². The minimum Gasteiger partial charge on any atom is -0.338 e. The van der Waals surface area contributed by atoms with Crippen molar-refractivity contribution in [3.63, 3.8) is 0 Å². The molecule has 0 aliphatic carbocycles. The number of nitrogens with zero attached hydrogens (tertiary/aromatic N) is 1. The Morgan fingerprint density at radius 1 is 1.11 bits per heavy atom. The van der Waals surface area contributed by atoms with Crippen LogP contribution in [-0.4, -0.2) is 32.3 Å². The number of thiophene rings is 1. The van der Waals surface area contributed by atoms with Gasteiger partial charge in [-0.3, -0.25) is 4.79 Å². The van der Waals surface area contributed by atoms with Crippen molar-refractivity contribution in [2.24, 2.45) is 0 Å². The third-order valence-electron chi connectivity index (χ3n) is 5.29. The number of nitrogens with one attached hydrogen (secondary N) is 1. The van der Waals surface area contributed by atoms with E-state index in [-0.39, 0.29) is 47.4 Å². The zero-order chi connectivity index (χ0) is 26.3. The summed E-state index contributed by atoms with van der Waals surface area (Å²) in [5.74, 6) is 1.86. The molecule has 0 fully saturated rings. The monoisotopic (exact) mass is 554 g/mol. The topological polar surface area (TPSA) is 66.5 Å². The minimum absolute atomic E-state index is 0.0284. The first-order valence-corrected chi connectivity index (χ1v) is 13.5. The van der Waals surface area contributed by atoms with Gasteiger partial charge in [0, 0.05) is 18.1 Å². The summed E-state index contributed by atoms with van der Waals surface area (Å²) in [4.78, 5) is 14.5. The van der Waals surface area contributed by atoms with Crippen molar-refractivity contribution in [2.45, 2.75) is 30.5 Å². The Bertz CT molecular complexity index is 1330. The first-order chi connectivity index (χ1) is 17.0. The highest BCUT2D eigenvalue weighted by atomic mass is 35.5. The summed E-state index contributed by atoms with van der Waals surface area (Å²) in [7, 11) is -3.75. The molecule has 1 N–H and O–H groups in total. The van der Waals surface area contributed by atoms with Crippen LogP contribution in [0.5, 0.6) is 0 Å². The third-order valence-corrected chi connectivity index (χ3v) is 7.67. The van der Waals surface area contributed by atoms with Gasteiger partial charge in [0.05, 0.1) is 23.4 Å². The highest BCUT2D eigenvalue weighted by molar-refractivity contribution is 7.89. The highest BCUT2D eigenvalue weighted by Gasteiger charge is 2.34. The molecule has 3 rings (SSSR count). The number of carbonyl (C=O) groups excluding carboxylic acids is 1. The van der Waals surface area contributed by atoms with Crippen LogP contribution in [0.25, 0.3) is 0 Å². The van der Waals surface area contributed by atoms with Crippen molar-refractivity contribution < 1.29 is 26.4 Å². The van der Waals surface area contributed by atoms with E-state index in [1.807, 2.05) is 10.8 Å². The van der Waals surface area contributed by atoms with Crippen molar-refractivity contribution in [1.82, 2.24) is 9.62 Å². The summed E-state index contributed by atoms with van der Waals surface area (Å²) in [6.07, 6.45) is 0.836. The molecule has 0 spiro atoms. The van der Waals surface area contributed by atoms with E-state index in [9.17, 15) is 26.4 Å². The van der Waals surface area contributed by atoms with Crippen LogP contribution in [0.2, 0.25) is 5.02 Å². The smallest absolute Gasteiger partial charge is 0.338 e. The number of terminal acetylenes is 1. The van der Waals surface area contributed by atoms with E-state index in [0.29, 0.717) is 12.0 Å². The fourth-order valence-corrected chi connectivity index (χ4v) is 5.26. The maximum Gasteiger partial charge on any atom is 0.416 e. The van der Waals surface area contributed by atoms with Crippen LogP contribution in [-0.2, 0) is 40.4 Å². The molecule has 2 aromatic carbocycles. The normalized spacial score (nSPS) is 11.8. The summed E-state index contributed by atoms with van der Waals surface area (Å²) in [6, 6.07) is 11.1. The molecule has 0 aliphatic heterocycles. The second kappa shape index (κ2) is 11.9. The number of hydrogen-bond acceptors (Lipinski definition) is 4. The number of carbonyl (C=O) groups is 1. The Morgan fingerprint density at radius 2 is 1.83 bits per heavy atom. The molecule has 0 saturated heterocycles. The Balaban J connectivity index is 1.81. The quantitative estimate of drug-likeness (QED) is 0.353. The molecule has 5 nitrogen and oxygen atoms in total. The fraction of sp³-hybridized carbons (Fsp3) is 0.240. The van der Waals surface area contributed by atoms with Gasteiger partial charge in [-0.25, -0.2) is 8.42 Å². The van der Waals surface area contributed by atoms with E-state index in [1.165, 1.54) is 40.5 Å². The molecule has 1 heterocycles. The average Bonchev–Trinajstić information content (AvgIpc) is 3.33. The summed E-state index contributed by atoms with van der Waals surface area (Å²) >= 11 is 7.39. The van der Waals surface area contributed by atoms with Gasteiger partial charge in [0.25, 0.3) is 0 Å².